The van der Waals surface area contributed by atoms with Crippen LogP contribution in [0.5, 0.6) is 0 Å². The third-order valence-corrected chi connectivity index (χ3v) is 15.2. The van der Waals surface area contributed by atoms with Gasteiger partial charge < -0.3 is 10.2 Å². The second-order valence-corrected chi connectivity index (χ2v) is 17.5. The first-order valence-electron chi connectivity index (χ1n) is 13.9. The van der Waals surface area contributed by atoms with Crippen LogP contribution in [0.3, 0.4) is 0 Å². The molecule has 5 saturated carbocycles. The van der Waals surface area contributed by atoms with Gasteiger partial charge in [0.2, 0.25) is 20.0 Å². The Balaban J connectivity index is 1.30. The average Bonchev–Trinajstić information content (AvgIpc) is 3.27. The SMILES string of the molecule is CC1(C)[C@H]2CC[C@@]1(CS(=O)(=O)N[C@@H]1CCCC[C@H]1NS(=O)(=O)C[C@]13CC[C@@H](C[C@H]1O)C3(C)C)[C@H](O)C2. The van der Waals surface area contributed by atoms with Crippen LogP contribution in [0.2, 0.25) is 0 Å². The van der Waals surface area contributed by atoms with Crippen LogP contribution in [-0.2, 0) is 20.0 Å². The van der Waals surface area contributed by atoms with Crippen LogP contribution in [0.4, 0.5) is 0 Å². The fourth-order valence-corrected chi connectivity index (χ4v) is 13.8. The van der Waals surface area contributed by atoms with Gasteiger partial charge in [0.25, 0.3) is 0 Å². The van der Waals surface area contributed by atoms with Gasteiger partial charge in [0.15, 0.2) is 0 Å². The molecule has 5 aliphatic rings. The minimum atomic E-state index is -3.75. The molecule has 0 heterocycles. The van der Waals surface area contributed by atoms with Crippen molar-refractivity contribution in [2.24, 2.45) is 33.5 Å². The molecular formula is C26H46N2O6S2. The van der Waals surface area contributed by atoms with E-state index in [1.807, 2.05) is 0 Å². The Bertz CT molecular complexity index is 1000. The van der Waals surface area contributed by atoms with Gasteiger partial charge in [0.1, 0.15) is 0 Å². The number of aliphatic hydroxyl groups is 2. The predicted molar refractivity (Wildman–Crippen MR) is 139 cm³/mol. The van der Waals surface area contributed by atoms with Crippen molar-refractivity contribution in [1.29, 1.82) is 0 Å². The molecule has 5 rings (SSSR count). The lowest BCUT2D eigenvalue weighted by Crippen LogP contribution is -2.57. The maximum Gasteiger partial charge on any atom is 0.212 e. The molecule has 5 fully saturated rings. The first-order valence-corrected chi connectivity index (χ1v) is 17.2. The van der Waals surface area contributed by atoms with Gasteiger partial charge in [-0.05, 0) is 74.0 Å². The van der Waals surface area contributed by atoms with E-state index in [0.717, 1.165) is 25.7 Å². The van der Waals surface area contributed by atoms with Gasteiger partial charge in [0, 0.05) is 22.9 Å². The fourth-order valence-electron chi connectivity index (χ4n) is 9.39. The van der Waals surface area contributed by atoms with Crippen LogP contribution in [-0.4, -0.2) is 62.8 Å². The van der Waals surface area contributed by atoms with Gasteiger partial charge in [-0.2, -0.15) is 0 Å². The normalized spacial score (nSPS) is 45.4. The lowest BCUT2D eigenvalue weighted by Gasteiger charge is -2.42. The predicted octanol–water partition coefficient (Wildman–Crippen LogP) is 2.51. The smallest absolute Gasteiger partial charge is 0.212 e. The Morgan fingerprint density at radius 1 is 0.667 bits per heavy atom. The minimum absolute atomic E-state index is 0.120. The molecule has 208 valence electrons. The third kappa shape index (κ3) is 4.03. The maximum absolute atomic E-state index is 13.5. The lowest BCUT2D eigenvalue weighted by atomic mass is 9.70. The van der Waals surface area contributed by atoms with Gasteiger partial charge >= 0.3 is 0 Å². The highest BCUT2D eigenvalue weighted by molar-refractivity contribution is 7.89. The molecule has 0 unspecified atom stereocenters. The van der Waals surface area contributed by atoms with E-state index < -0.39 is 55.2 Å². The van der Waals surface area contributed by atoms with E-state index in [0.29, 0.717) is 50.4 Å². The van der Waals surface area contributed by atoms with E-state index in [-0.39, 0.29) is 22.3 Å². The molecule has 0 aromatic carbocycles. The summed E-state index contributed by atoms with van der Waals surface area (Å²) in [6, 6.07) is -1.02. The standard InChI is InChI=1S/C26H46N2O6S2/c1-23(2)17-9-11-25(23,21(29)13-17)15-35(31,32)27-19-7-5-6-8-20(19)28-36(33,34)16-26-12-10-18(14-22(26)30)24(26,3)4/h17-22,27-30H,5-16H2,1-4H3/t17-,18-,19+,20+,21+,22+,25+,26+/m0/s1. The zero-order valence-electron chi connectivity index (χ0n) is 22.3. The summed E-state index contributed by atoms with van der Waals surface area (Å²) in [7, 11) is -7.49. The summed E-state index contributed by atoms with van der Waals surface area (Å²) >= 11 is 0. The van der Waals surface area contributed by atoms with Crippen LogP contribution < -0.4 is 9.44 Å². The highest BCUT2D eigenvalue weighted by Crippen LogP contribution is 2.67. The largest absolute Gasteiger partial charge is 0.392 e. The maximum atomic E-state index is 13.5. The van der Waals surface area contributed by atoms with Crippen LogP contribution in [0.15, 0.2) is 0 Å². The number of hydrogen-bond acceptors (Lipinski definition) is 6. The minimum Gasteiger partial charge on any atom is -0.392 e. The first-order chi connectivity index (χ1) is 16.6. The van der Waals surface area contributed by atoms with Crippen molar-refractivity contribution in [1.82, 2.24) is 9.44 Å². The first kappa shape index (κ1) is 27.3. The summed E-state index contributed by atoms with van der Waals surface area (Å²) in [4.78, 5) is 0. The fraction of sp³-hybridized carbons (Fsp3) is 1.00. The molecule has 0 aromatic heterocycles. The highest BCUT2D eigenvalue weighted by Gasteiger charge is 2.66. The highest BCUT2D eigenvalue weighted by atomic mass is 32.2. The Kier molecular flexibility index (Phi) is 6.54. The quantitative estimate of drug-likeness (QED) is 0.370. The summed E-state index contributed by atoms with van der Waals surface area (Å²) in [5.41, 5.74) is -1.81. The van der Waals surface area contributed by atoms with E-state index in [4.69, 9.17) is 0 Å². The Morgan fingerprint density at radius 3 is 1.31 bits per heavy atom. The molecular weight excluding hydrogens is 500 g/mol. The summed E-state index contributed by atoms with van der Waals surface area (Å²) in [6.45, 7) is 8.33. The Hall–Kier alpha value is -0.260. The van der Waals surface area contributed by atoms with Crippen LogP contribution in [0.1, 0.15) is 91.9 Å². The molecule has 0 amide bonds. The van der Waals surface area contributed by atoms with Crippen LogP contribution in [0, 0.1) is 33.5 Å². The van der Waals surface area contributed by atoms with Crippen molar-refractivity contribution in [3.8, 4) is 0 Å². The van der Waals surface area contributed by atoms with Gasteiger partial charge in [-0.3, -0.25) is 0 Å². The molecule has 0 radical (unpaired) electrons. The third-order valence-electron chi connectivity index (χ3n) is 12.1. The van der Waals surface area contributed by atoms with E-state index in [1.165, 1.54) is 0 Å². The van der Waals surface area contributed by atoms with Gasteiger partial charge in [-0.15, -0.1) is 0 Å². The zero-order chi connectivity index (χ0) is 26.4. The summed E-state index contributed by atoms with van der Waals surface area (Å²) in [5.74, 6) is 0.431. The Morgan fingerprint density at radius 2 is 1.03 bits per heavy atom. The molecule has 36 heavy (non-hydrogen) atoms. The number of sulfonamides is 2. The molecule has 0 aliphatic heterocycles. The molecule has 0 saturated heterocycles. The van der Waals surface area contributed by atoms with Gasteiger partial charge in [0.05, 0.1) is 23.7 Å². The van der Waals surface area contributed by atoms with Crippen molar-refractivity contribution in [2.45, 2.75) is 116 Å². The van der Waals surface area contributed by atoms with E-state index >= 15 is 0 Å². The second-order valence-electron chi connectivity index (χ2n) is 14.0. The number of fused-ring (bicyclic) bond motifs is 4. The van der Waals surface area contributed by atoms with Crippen LogP contribution in [0.25, 0.3) is 0 Å². The summed E-state index contributed by atoms with van der Waals surface area (Å²) in [6.07, 6.45) is 6.17. The van der Waals surface area contributed by atoms with E-state index in [2.05, 4.69) is 37.1 Å². The number of aliphatic hydroxyl groups excluding tert-OH is 2. The Labute approximate surface area is 217 Å². The average molecular weight is 547 g/mol. The van der Waals surface area contributed by atoms with Crippen molar-refractivity contribution in [3.63, 3.8) is 0 Å². The zero-order valence-corrected chi connectivity index (χ0v) is 23.9. The lowest BCUT2D eigenvalue weighted by molar-refractivity contribution is 0.0148. The van der Waals surface area contributed by atoms with Crippen molar-refractivity contribution < 1.29 is 27.0 Å². The molecule has 0 spiro atoms. The van der Waals surface area contributed by atoms with Crippen LogP contribution >= 0.6 is 0 Å². The van der Waals surface area contributed by atoms with Gasteiger partial charge in [-0.1, -0.05) is 40.5 Å². The molecule has 0 aromatic rings. The van der Waals surface area contributed by atoms with Crippen molar-refractivity contribution >= 4 is 20.0 Å². The molecule has 4 N–H and O–H groups in total. The van der Waals surface area contributed by atoms with E-state index in [9.17, 15) is 27.0 Å². The number of rotatable bonds is 8. The molecule has 8 atom stereocenters. The topological polar surface area (TPSA) is 133 Å². The van der Waals surface area contributed by atoms with Crippen molar-refractivity contribution in [3.05, 3.63) is 0 Å². The van der Waals surface area contributed by atoms with Gasteiger partial charge in [-0.25, -0.2) is 26.3 Å². The molecule has 4 bridgehead atoms. The van der Waals surface area contributed by atoms with E-state index in [1.54, 1.807) is 0 Å². The number of hydrogen-bond donors (Lipinski definition) is 4. The second kappa shape index (κ2) is 8.62. The molecule has 8 nitrogen and oxygen atoms in total. The summed E-state index contributed by atoms with van der Waals surface area (Å²) < 4.78 is 59.6. The monoisotopic (exact) mass is 546 g/mol. The number of nitrogens with one attached hydrogen (secondary N) is 2. The molecule has 5 aliphatic carbocycles. The van der Waals surface area contributed by atoms with Crippen molar-refractivity contribution in [2.75, 3.05) is 11.5 Å². The summed E-state index contributed by atoms with van der Waals surface area (Å²) in [5, 5.41) is 21.7. The molecule has 10 heteroatoms.